The molecule has 17 heavy (non-hydrogen) atoms. The topological polar surface area (TPSA) is 67.6 Å². The molecule has 3 N–H and O–H groups in total. The van der Waals surface area contributed by atoms with Gasteiger partial charge in [-0.15, -0.1) is 0 Å². The number of carbonyl (C=O) groups is 1. The van der Waals surface area contributed by atoms with Crippen LogP contribution >= 0.6 is 0 Å². The van der Waals surface area contributed by atoms with Gasteiger partial charge in [-0.1, -0.05) is 12.2 Å². The van der Waals surface area contributed by atoms with Crippen LogP contribution in [0.4, 0.5) is 0 Å². The van der Waals surface area contributed by atoms with Crippen LogP contribution in [0.15, 0.2) is 12.2 Å². The van der Waals surface area contributed by atoms with E-state index in [1.807, 2.05) is 26.2 Å². The number of amides is 1. The summed E-state index contributed by atoms with van der Waals surface area (Å²) in [5.74, 6) is -0.0165. The molecule has 0 aliphatic heterocycles. The highest BCUT2D eigenvalue weighted by molar-refractivity contribution is 5.81. The first-order valence-electron chi connectivity index (χ1n) is 6.03. The fourth-order valence-corrected chi connectivity index (χ4v) is 1.65. The lowest BCUT2D eigenvalue weighted by Gasteiger charge is -2.12. The number of nitrogens with two attached hydrogens (primary N) is 1. The van der Waals surface area contributed by atoms with Gasteiger partial charge in [-0.2, -0.15) is 0 Å². The molecule has 0 saturated heterocycles. The highest BCUT2D eigenvalue weighted by atomic mass is 16.5. The number of rotatable bonds is 7. The molecule has 5 nitrogen and oxygen atoms in total. The van der Waals surface area contributed by atoms with Crippen LogP contribution in [-0.4, -0.2) is 57.2 Å². The third-order valence-electron chi connectivity index (χ3n) is 2.68. The molecule has 1 aliphatic carbocycles. The van der Waals surface area contributed by atoms with Crippen LogP contribution in [0.3, 0.4) is 0 Å². The van der Waals surface area contributed by atoms with Gasteiger partial charge >= 0.3 is 0 Å². The Balaban J connectivity index is 1.99. The summed E-state index contributed by atoms with van der Waals surface area (Å²) in [4.78, 5) is 13.7. The normalized spacial score (nSPS) is 23.3. The predicted molar refractivity (Wildman–Crippen MR) is 67.6 cm³/mol. The van der Waals surface area contributed by atoms with Crippen molar-refractivity contribution in [3.63, 3.8) is 0 Å². The first-order chi connectivity index (χ1) is 8.09. The molecule has 2 atom stereocenters. The predicted octanol–water partition coefficient (Wildman–Crippen LogP) is -0.416. The molecular formula is C12H23N3O2. The van der Waals surface area contributed by atoms with Crippen LogP contribution in [0.5, 0.6) is 0 Å². The summed E-state index contributed by atoms with van der Waals surface area (Å²) < 4.78 is 5.38. The maximum atomic E-state index is 11.7. The second-order valence-corrected chi connectivity index (χ2v) is 4.60. The van der Waals surface area contributed by atoms with E-state index in [9.17, 15) is 4.79 Å². The quantitative estimate of drug-likeness (QED) is 0.469. The Kier molecular flexibility index (Phi) is 6.18. The second kappa shape index (κ2) is 7.42. The zero-order valence-corrected chi connectivity index (χ0v) is 10.7. The van der Waals surface area contributed by atoms with E-state index in [4.69, 9.17) is 10.5 Å². The Hall–Kier alpha value is -0.910. The summed E-state index contributed by atoms with van der Waals surface area (Å²) in [7, 11) is 4.00. The van der Waals surface area contributed by atoms with Crippen LogP contribution < -0.4 is 11.1 Å². The lowest BCUT2D eigenvalue weighted by atomic mass is 10.1. The molecular weight excluding hydrogens is 218 g/mol. The number of nitrogens with one attached hydrogen (secondary N) is 1. The summed E-state index contributed by atoms with van der Waals surface area (Å²) in [6.45, 7) is 2.71. The van der Waals surface area contributed by atoms with Crippen molar-refractivity contribution in [1.29, 1.82) is 0 Å². The van der Waals surface area contributed by atoms with Crippen molar-refractivity contribution >= 4 is 5.91 Å². The Morgan fingerprint density at radius 2 is 2.24 bits per heavy atom. The van der Waals surface area contributed by atoms with Gasteiger partial charge in [-0.05, 0) is 20.5 Å². The molecule has 0 fully saturated rings. The minimum absolute atomic E-state index is 0.0297. The third kappa shape index (κ3) is 5.81. The maximum Gasteiger partial charge on any atom is 0.227 e. The lowest BCUT2D eigenvalue weighted by Crippen LogP contribution is -2.33. The molecule has 5 heteroatoms. The van der Waals surface area contributed by atoms with E-state index in [1.54, 1.807) is 0 Å². The number of ether oxygens (including phenoxy) is 1. The summed E-state index contributed by atoms with van der Waals surface area (Å²) in [5.41, 5.74) is 5.69. The van der Waals surface area contributed by atoms with Gasteiger partial charge in [-0.25, -0.2) is 0 Å². The molecule has 1 amide bonds. The van der Waals surface area contributed by atoms with Crippen molar-refractivity contribution in [2.45, 2.75) is 12.5 Å². The summed E-state index contributed by atoms with van der Waals surface area (Å²) in [6, 6.07) is 0.0297. The van der Waals surface area contributed by atoms with Crippen molar-refractivity contribution in [1.82, 2.24) is 10.2 Å². The molecule has 0 aromatic carbocycles. The minimum atomic E-state index is -0.0632. The van der Waals surface area contributed by atoms with E-state index >= 15 is 0 Å². The Labute approximate surface area is 103 Å². The van der Waals surface area contributed by atoms with Gasteiger partial charge in [0.15, 0.2) is 0 Å². The molecule has 0 bridgehead atoms. The summed E-state index contributed by atoms with van der Waals surface area (Å²) >= 11 is 0. The maximum absolute atomic E-state index is 11.7. The number of likely N-dealkylation sites (N-methyl/N-ethyl adjacent to an activating group) is 1. The monoisotopic (exact) mass is 241 g/mol. The average Bonchev–Trinajstić information content (AvgIpc) is 2.69. The molecule has 1 aliphatic rings. The highest BCUT2D eigenvalue weighted by Crippen LogP contribution is 2.15. The Morgan fingerprint density at radius 3 is 2.82 bits per heavy atom. The fraction of sp³-hybridized carbons (Fsp3) is 0.750. The van der Waals surface area contributed by atoms with E-state index in [2.05, 4.69) is 10.2 Å². The van der Waals surface area contributed by atoms with E-state index in [0.29, 0.717) is 26.2 Å². The zero-order valence-electron chi connectivity index (χ0n) is 10.7. The molecule has 0 saturated carbocycles. The standard InChI is InChI=1S/C12H23N3O2/c1-15(2)6-8-17-7-5-14-12(16)10-3-4-11(13)9-10/h3-4,10-11H,5-9,13H2,1-2H3,(H,14,16). The second-order valence-electron chi connectivity index (χ2n) is 4.60. The van der Waals surface area contributed by atoms with Gasteiger partial charge in [0.25, 0.3) is 0 Å². The number of hydrogen-bond donors (Lipinski definition) is 2. The first-order valence-corrected chi connectivity index (χ1v) is 6.03. The average molecular weight is 241 g/mol. The Bertz CT molecular complexity index is 266. The lowest BCUT2D eigenvalue weighted by molar-refractivity contribution is -0.123. The summed E-state index contributed by atoms with van der Waals surface area (Å²) in [6.07, 6.45) is 4.48. The van der Waals surface area contributed by atoms with Crippen molar-refractivity contribution < 1.29 is 9.53 Å². The molecule has 0 heterocycles. The van der Waals surface area contributed by atoms with E-state index in [1.165, 1.54) is 0 Å². The number of nitrogens with zero attached hydrogens (tertiary/aromatic N) is 1. The van der Waals surface area contributed by atoms with E-state index < -0.39 is 0 Å². The molecule has 0 radical (unpaired) electrons. The van der Waals surface area contributed by atoms with Crippen molar-refractivity contribution in [2.75, 3.05) is 40.4 Å². The van der Waals surface area contributed by atoms with Gasteiger partial charge < -0.3 is 20.7 Å². The molecule has 0 aromatic rings. The Morgan fingerprint density at radius 1 is 1.47 bits per heavy atom. The van der Waals surface area contributed by atoms with Crippen LogP contribution in [0.1, 0.15) is 6.42 Å². The van der Waals surface area contributed by atoms with Crippen LogP contribution in [0, 0.1) is 5.92 Å². The molecule has 2 unspecified atom stereocenters. The fourth-order valence-electron chi connectivity index (χ4n) is 1.65. The van der Waals surface area contributed by atoms with Gasteiger partial charge in [0, 0.05) is 19.1 Å². The largest absolute Gasteiger partial charge is 0.378 e. The van der Waals surface area contributed by atoms with Crippen molar-refractivity contribution in [3.05, 3.63) is 12.2 Å². The number of carbonyl (C=O) groups excluding carboxylic acids is 1. The van der Waals surface area contributed by atoms with Gasteiger partial charge in [0.1, 0.15) is 0 Å². The minimum Gasteiger partial charge on any atom is -0.378 e. The molecule has 1 rings (SSSR count). The molecule has 0 spiro atoms. The molecule has 98 valence electrons. The smallest absolute Gasteiger partial charge is 0.227 e. The van der Waals surface area contributed by atoms with Gasteiger partial charge in [0.05, 0.1) is 19.1 Å². The van der Waals surface area contributed by atoms with E-state index in [-0.39, 0.29) is 17.9 Å². The van der Waals surface area contributed by atoms with Crippen LogP contribution in [0.2, 0.25) is 0 Å². The first kappa shape index (κ1) is 14.2. The van der Waals surface area contributed by atoms with Gasteiger partial charge in [0.2, 0.25) is 5.91 Å². The zero-order chi connectivity index (χ0) is 12.7. The van der Waals surface area contributed by atoms with Crippen molar-refractivity contribution in [2.24, 2.45) is 11.7 Å². The third-order valence-corrected chi connectivity index (χ3v) is 2.68. The van der Waals surface area contributed by atoms with Crippen LogP contribution in [0.25, 0.3) is 0 Å². The number of hydrogen-bond acceptors (Lipinski definition) is 4. The van der Waals surface area contributed by atoms with Crippen LogP contribution in [-0.2, 0) is 9.53 Å². The SMILES string of the molecule is CN(C)CCOCCNC(=O)C1C=CC(N)C1. The summed E-state index contributed by atoms with van der Waals surface area (Å²) in [5, 5.41) is 2.85. The van der Waals surface area contributed by atoms with E-state index in [0.717, 1.165) is 6.54 Å². The van der Waals surface area contributed by atoms with Crippen molar-refractivity contribution in [3.8, 4) is 0 Å². The van der Waals surface area contributed by atoms with Gasteiger partial charge in [-0.3, -0.25) is 4.79 Å². The highest BCUT2D eigenvalue weighted by Gasteiger charge is 2.21. The molecule has 0 aromatic heterocycles.